The maximum absolute atomic E-state index is 11.8. The average molecular weight is 405 g/mol. The largest absolute Gasteiger partial charge is 0.484 e. The number of nitrogens with one attached hydrogen (secondary N) is 2. The monoisotopic (exact) mass is 404 g/mol. The van der Waals surface area contributed by atoms with Crippen LogP contribution in [0.15, 0.2) is 41.1 Å². The van der Waals surface area contributed by atoms with Crippen LogP contribution in [-0.4, -0.2) is 45.2 Å². The molecule has 0 bridgehead atoms. The Morgan fingerprint density at radius 3 is 2.88 bits per heavy atom. The number of rotatable bonds is 7. The molecule has 0 saturated carbocycles. The molecule has 0 saturated heterocycles. The van der Waals surface area contributed by atoms with Crippen LogP contribution in [0, 0.1) is 6.92 Å². The third kappa shape index (κ3) is 4.66. The number of hydrogen-bond acceptors (Lipinski definition) is 6. The Labute approximate surface area is 152 Å². The zero-order chi connectivity index (χ0) is 17.6. The molecule has 8 nitrogen and oxygen atoms in total. The first-order valence-corrected chi connectivity index (χ1v) is 8.47. The van der Waals surface area contributed by atoms with Crippen molar-refractivity contribution in [3.8, 4) is 5.75 Å². The van der Waals surface area contributed by atoms with Gasteiger partial charge in [0, 0.05) is 29.3 Å². The first kappa shape index (κ1) is 17.2. The minimum Gasteiger partial charge on any atom is -0.484 e. The predicted octanol–water partition coefficient (Wildman–Crippen LogP) is 1.80. The van der Waals surface area contributed by atoms with Gasteiger partial charge in [-0.3, -0.25) is 4.79 Å². The smallest absolute Gasteiger partial charge is 0.258 e. The van der Waals surface area contributed by atoms with Gasteiger partial charge in [-0.1, -0.05) is 15.9 Å². The zero-order valence-corrected chi connectivity index (χ0v) is 15.2. The lowest BCUT2D eigenvalue weighted by Crippen LogP contribution is -2.32. The van der Waals surface area contributed by atoms with E-state index in [-0.39, 0.29) is 12.5 Å². The van der Waals surface area contributed by atoms with Crippen molar-refractivity contribution < 1.29 is 9.53 Å². The topological polar surface area (TPSA) is 93.4 Å². The summed E-state index contributed by atoms with van der Waals surface area (Å²) in [5, 5.41) is 10.1. The minimum atomic E-state index is -0.179. The van der Waals surface area contributed by atoms with Gasteiger partial charge >= 0.3 is 0 Å². The highest BCUT2D eigenvalue weighted by Crippen LogP contribution is 2.15. The van der Waals surface area contributed by atoms with Crippen molar-refractivity contribution in [2.45, 2.75) is 6.92 Å². The van der Waals surface area contributed by atoms with E-state index in [4.69, 9.17) is 4.74 Å². The van der Waals surface area contributed by atoms with Crippen molar-refractivity contribution in [3.05, 3.63) is 46.8 Å². The van der Waals surface area contributed by atoms with Gasteiger partial charge in [0.05, 0.1) is 0 Å². The molecule has 2 heterocycles. The lowest BCUT2D eigenvalue weighted by atomic mass is 10.3. The van der Waals surface area contributed by atoms with Gasteiger partial charge < -0.3 is 15.4 Å². The fourth-order valence-corrected chi connectivity index (χ4v) is 2.44. The summed E-state index contributed by atoms with van der Waals surface area (Å²) >= 11 is 3.35. The number of hydrogen-bond donors (Lipinski definition) is 2. The Bertz CT molecular complexity index is 865. The van der Waals surface area contributed by atoms with E-state index < -0.39 is 0 Å². The Morgan fingerprint density at radius 2 is 2.08 bits per heavy atom. The summed E-state index contributed by atoms with van der Waals surface area (Å²) in [5.74, 6) is 1.79. The summed E-state index contributed by atoms with van der Waals surface area (Å²) in [5.41, 5.74) is 0.843. The molecule has 25 heavy (non-hydrogen) atoms. The maximum atomic E-state index is 11.8. The molecule has 0 atom stereocenters. The van der Waals surface area contributed by atoms with Crippen molar-refractivity contribution in [3.63, 3.8) is 0 Å². The summed E-state index contributed by atoms with van der Waals surface area (Å²) in [7, 11) is 0. The molecule has 0 radical (unpaired) electrons. The van der Waals surface area contributed by atoms with E-state index in [1.54, 1.807) is 16.6 Å². The molecule has 2 N–H and O–H groups in total. The summed E-state index contributed by atoms with van der Waals surface area (Å²) in [6.45, 7) is 2.87. The van der Waals surface area contributed by atoms with Crippen LogP contribution in [0.4, 0.5) is 5.82 Å². The number of carbonyl (C=O) groups is 1. The van der Waals surface area contributed by atoms with Crippen LogP contribution in [0.2, 0.25) is 0 Å². The first-order chi connectivity index (χ1) is 12.1. The Hall–Kier alpha value is -2.68. The van der Waals surface area contributed by atoms with Gasteiger partial charge in [0.2, 0.25) is 0 Å². The summed E-state index contributed by atoms with van der Waals surface area (Å²) < 4.78 is 8.00. The molecule has 0 aliphatic carbocycles. The summed E-state index contributed by atoms with van der Waals surface area (Å²) in [6, 6.07) is 9.19. The van der Waals surface area contributed by atoms with Crippen molar-refractivity contribution in [2.75, 3.05) is 25.0 Å². The fraction of sp³-hybridized carbons (Fsp3) is 0.250. The molecule has 0 spiro atoms. The highest BCUT2D eigenvalue weighted by Gasteiger charge is 2.06. The number of anilines is 1. The highest BCUT2D eigenvalue weighted by molar-refractivity contribution is 9.10. The van der Waals surface area contributed by atoms with Gasteiger partial charge in [-0.2, -0.15) is 14.6 Å². The third-order valence-corrected chi connectivity index (χ3v) is 3.85. The summed E-state index contributed by atoms with van der Waals surface area (Å²) in [4.78, 5) is 20.1. The van der Waals surface area contributed by atoms with Crippen LogP contribution in [0.5, 0.6) is 5.75 Å². The van der Waals surface area contributed by atoms with Gasteiger partial charge in [-0.05, 0) is 31.2 Å². The number of aryl methyl sites for hydroxylation is 1. The molecule has 3 aromatic rings. The first-order valence-electron chi connectivity index (χ1n) is 7.68. The van der Waals surface area contributed by atoms with E-state index in [1.807, 2.05) is 25.1 Å². The van der Waals surface area contributed by atoms with E-state index in [2.05, 4.69) is 41.6 Å². The molecule has 0 aliphatic heterocycles. The van der Waals surface area contributed by atoms with Crippen molar-refractivity contribution in [1.82, 2.24) is 24.9 Å². The van der Waals surface area contributed by atoms with Crippen LogP contribution in [0.3, 0.4) is 0 Å². The number of halogens is 1. The number of aromatic nitrogens is 4. The van der Waals surface area contributed by atoms with Gasteiger partial charge in [-0.15, -0.1) is 0 Å². The van der Waals surface area contributed by atoms with E-state index in [9.17, 15) is 4.79 Å². The molecule has 3 rings (SSSR count). The minimum absolute atomic E-state index is 0.0245. The Morgan fingerprint density at radius 1 is 1.28 bits per heavy atom. The third-order valence-electron chi connectivity index (χ3n) is 3.32. The number of fused-ring (bicyclic) bond motifs is 1. The number of nitrogens with zero attached hydrogens (tertiary/aromatic N) is 4. The molecule has 130 valence electrons. The molecule has 2 aromatic heterocycles. The quantitative estimate of drug-likeness (QED) is 0.583. The zero-order valence-electron chi connectivity index (χ0n) is 13.6. The molecule has 9 heteroatoms. The van der Waals surface area contributed by atoms with Gasteiger partial charge in [0.25, 0.3) is 11.7 Å². The lowest BCUT2D eigenvalue weighted by molar-refractivity contribution is -0.123. The second kappa shape index (κ2) is 7.93. The van der Waals surface area contributed by atoms with E-state index in [1.165, 1.54) is 6.33 Å². The average Bonchev–Trinajstić information content (AvgIpc) is 3.06. The van der Waals surface area contributed by atoms with Gasteiger partial charge in [-0.25, -0.2) is 4.98 Å². The highest BCUT2D eigenvalue weighted by atomic mass is 79.9. The van der Waals surface area contributed by atoms with Crippen LogP contribution in [0.1, 0.15) is 5.69 Å². The number of carbonyl (C=O) groups excluding carboxylic acids is 1. The molecule has 0 fully saturated rings. The normalized spacial score (nSPS) is 10.6. The van der Waals surface area contributed by atoms with Gasteiger partial charge in [0.15, 0.2) is 6.61 Å². The van der Waals surface area contributed by atoms with Crippen molar-refractivity contribution >= 4 is 33.4 Å². The molecular formula is C16H17BrN6O2. The standard InChI is InChI=1S/C16H17BrN6O2/c1-11-8-14(23-16(22-11)20-10-21-23)18-6-7-19-15(24)9-25-13-4-2-12(17)3-5-13/h2-5,8,10,18H,6-7,9H2,1H3,(H,19,24). The van der Waals surface area contributed by atoms with Crippen LogP contribution < -0.4 is 15.4 Å². The SMILES string of the molecule is Cc1cc(NCCNC(=O)COc2ccc(Br)cc2)n2ncnc2n1. The number of amides is 1. The molecule has 1 aromatic carbocycles. The number of ether oxygens (including phenoxy) is 1. The Balaban J connectivity index is 1.42. The second-order valence-electron chi connectivity index (χ2n) is 5.27. The number of benzene rings is 1. The predicted molar refractivity (Wildman–Crippen MR) is 96.7 cm³/mol. The molecule has 0 unspecified atom stereocenters. The van der Waals surface area contributed by atoms with Crippen LogP contribution in [0.25, 0.3) is 5.78 Å². The van der Waals surface area contributed by atoms with E-state index >= 15 is 0 Å². The van der Waals surface area contributed by atoms with E-state index in [0.29, 0.717) is 24.6 Å². The Kier molecular flexibility index (Phi) is 5.44. The van der Waals surface area contributed by atoms with E-state index in [0.717, 1.165) is 16.0 Å². The van der Waals surface area contributed by atoms with Crippen LogP contribution in [-0.2, 0) is 4.79 Å². The molecule has 0 aliphatic rings. The second-order valence-corrected chi connectivity index (χ2v) is 6.19. The van der Waals surface area contributed by atoms with Crippen molar-refractivity contribution in [1.29, 1.82) is 0 Å². The summed E-state index contributed by atoms with van der Waals surface area (Å²) in [6.07, 6.45) is 1.45. The lowest BCUT2D eigenvalue weighted by Gasteiger charge is -2.10. The maximum Gasteiger partial charge on any atom is 0.258 e. The van der Waals surface area contributed by atoms with Crippen molar-refractivity contribution in [2.24, 2.45) is 0 Å². The molecule has 1 amide bonds. The van der Waals surface area contributed by atoms with Gasteiger partial charge in [0.1, 0.15) is 17.9 Å². The fourth-order valence-electron chi connectivity index (χ4n) is 2.18. The van der Waals surface area contributed by atoms with Crippen LogP contribution >= 0.6 is 15.9 Å². The molecular weight excluding hydrogens is 388 g/mol.